The molecule has 2 N–H and O–H groups in total. The third-order valence-electron chi connectivity index (χ3n) is 3.18. The quantitative estimate of drug-likeness (QED) is 0.836. The van der Waals surface area contributed by atoms with E-state index in [2.05, 4.69) is 17.1 Å². The number of nitrogens with one attached hydrogen (secondary N) is 1. The molecule has 1 aromatic rings. The summed E-state index contributed by atoms with van der Waals surface area (Å²) in [5, 5.41) is 12.7. The number of benzene rings is 1. The molecule has 1 aromatic carbocycles. The molecule has 0 aliphatic carbocycles. The summed E-state index contributed by atoms with van der Waals surface area (Å²) in [6.07, 6.45) is 0. The van der Waals surface area contributed by atoms with E-state index >= 15 is 0 Å². The van der Waals surface area contributed by atoms with E-state index in [4.69, 9.17) is 0 Å². The predicted molar refractivity (Wildman–Crippen MR) is 66.9 cm³/mol. The van der Waals surface area contributed by atoms with Crippen LogP contribution in [0.25, 0.3) is 0 Å². The van der Waals surface area contributed by atoms with E-state index in [-0.39, 0.29) is 6.61 Å². The number of halogens is 1. The van der Waals surface area contributed by atoms with Crippen LogP contribution in [0.5, 0.6) is 0 Å². The van der Waals surface area contributed by atoms with Crippen molar-refractivity contribution in [2.24, 2.45) is 0 Å². The van der Waals surface area contributed by atoms with Gasteiger partial charge in [0.05, 0.1) is 6.61 Å². The summed E-state index contributed by atoms with van der Waals surface area (Å²) in [4.78, 5) is 2.24. The maximum atomic E-state index is 12.6. The van der Waals surface area contributed by atoms with Crippen LogP contribution in [0.2, 0.25) is 0 Å². The average molecular weight is 238 g/mol. The van der Waals surface area contributed by atoms with E-state index in [1.54, 1.807) is 12.1 Å². The molecule has 0 radical (unpaired) electrons. The van der Waals surface area contributed by atoms with Crippen LogP contribution < -0.4 is 10.2 Å². The van der Waals surface area contributed by atoms with Gasteiger partial charge in [-0.15, -0.1) is 0 Å². The Bertz CT molecular complexity index is 384. The zero-order chi connectivity index (χ0) is 12.3. The van der Waals surface area contributed by atoms with E-state index < -0.39 is 6.67 Å². The number of hydrogen-bond acceptors (Lipinski definition) is 3. The minimum atomic E-state index is -0.481. The molecule has 1 fully saturated rings. The van der Waals surface area contributed by atoms with Gasteiger partial charge >= 0.3 is 0 Å². The Morgan fingerprint density at radius 3 is 3.00 bits per heavy atom. The predicted octanol–water partition coefficient (Wildman–Crippen LogP) is 1.45. The van der Waals surface area contributed by atoms with Gasteiger partial charge in [0.1, 0.15) is 6.67 Å². The molecular weight excluding hydrogens is 219 g/mol. The smallest absolute Gasteiger partial charge is 0.115 e. The van der Waals surface area contributed by atoms with Gasteiger partial charge in [-0.2, -0.15) is 0 Å². The zero-order valence-electron chi connectivity index (χ0n) is 10.1. The summed E-state index contributed by atoms with van der Waals surface area (Å²) < 4.78 is 12.6. The molecule has 0 spiro atoms. The molecule has 1 heterocycles. The highest BCUT2D eigenvalue weighted by Gasteiger charge is 2.18. The van der Waals surface area contributed by atoms with Crippen molar-refractivity contribution in [2.75, 3.05) is 24.5 Å². The van der Waals surface area contributed by atoms with Crippen molar-refractivity contribution in [1.82, 2.24) is 5.32 Å². The number of anilines is 1. The van der Waals surface area contributed by atoms with Crippen molar-refractivity contribution in [3.63, 3.8) is 0 Å². The molecule has 1 atom stereocenters. The van der Waals surface area contributed by atoms with Crippen molar-refractivity contribution in [2.45, 2.75) is 26.2 Å². The Morgan fingerprint density at radius 1 is 1.53 bits per heavy atom. The first kappa shape index (κ1) is 12.3. The van der Waals surface area contributed by atoms with E-state index in [0.717, 1.165) is 30.9 Å². The molecule has 17 heavy (non-hydrogen) atoms. The maximum Gasteiger partial charge on any atom is 0.115 e. The minimum Gasteiger partial charge on any atom is -0.392 e. The van der Waals surface area contributed by atoms with Crippen molar-refractivity contribution >= 4 is 5.69 Å². The number of rotatable bonds is 3. The Labute approximate surface area is 101 Å². The Hall–Kier alpha value is -1.13. The molecule has 1 aliphatic rings. The molecule has 1 unspecified atom stereocenters. The summed E-state index contributed by atoms with van der Waals surface area (Å²) in [5.74, 6) is 0. The first-order valence-corrected chi connectivity index (χ1v) is 6.01. The number of aliphatic hydroxyl groups is 1. The summed E-state index contributed by atoms with van der Waals surface area (Å²) in [7, 11) is 0. The highest BCUT2D eigenvalue weighted by molar-refractivity contribution is 5.55. The minimum absolute atomic E-state index is 0.0402. The molecule has 0 bridgehead atoms. The number of hydrogen-bond donors (Lipinski definition) is 2. The highest BCUT2D eigenvalue weighted by atomic mass is 19.1. The Morgan fingerprint density at radius 2 is 2.35 bits per heavy atom. The number of alkyl halides is 1. The van der Waals surface area contributed by atoms with Gasteiger partial charge in [-0.3, -0.25) is 0 Å². The molecule has 3 nitrogen and oxygen atoms in total. The lowest BCUT2D eigenvalue weighted by molar-refractivity contribution is 0.281. The van der Waals surface area contributed by atoms with E-state index in [0.29, 0.717) is 11.6 Å². The van der Waals surface area contributed by atoms with E-state index in [9.17, 15) is 9.50 Å². The van der Waals surface area contributed by atoms with Gasteiger partial charge in [-0.25, -0.2) is 4.39 Å². The van der Waals surface area contributed by atoms with Crippen molar-refractivity contribution < 1.29 is 9.50 Å². The molecule has 2 rings (SSSR count). The number of nitrogens with zero attached hydrogens (tertiary/aromatic N) is 1. The normalized spacial score (nSPS) is 20.6. The third kappa shape index (κ3) is 2.76. The van der Waals surface area contributed by atoms with Crippen LogP contribution in [0.4, 0.5) is 10.1 Å². The second kappa shape index (κ2) is 5.47. The van der Waals surface area contributed by atoms with Crippen LogP contribution in [0, 0.1) is 0 Å². The molecule has 94 valence electrons. The molecule has 1 saturated heterocycles. The van der Waals surface area contributed by atoms with Gasteiger partial charge in [0.25, 0.3) is 0 Å². The standard InChI is InChI=1S/C13H19FN2O/c1-10-8-16(5-4-15-10)13-3-2-11(7-14)6-12(13)9-17/h2-3,6,10,15,17H,4-5,7-9H2,1H3. The molecule has 0 amide bonds. The van der Waals surface area contributed by atoms with Crippen LogP contribution in [-0.2, 0) is 13.3 Å². The summed E-state index contributed by atoms with van der Waals surface area (Å²) >= 11 is 0. The van der Waals surface area contributed by atoms with Gasteiger partial charge in [0, 0.05) is 36.9 Å². The highest BCUT2D eigenvalue weighted by Crippen LogP contribution is 2.23. The van der Waals surface area contributed by atoms with E-state index in [1.165, 1.54) is 0 Å². The number of aliphatic hydroxyl groups excluding tert-OH is 1. The van der Waals surface area contributed by atoms with Crippen molar-refractivity contribution in [3.8, 4) is 0 Å². The van der Waals surface area contributed by atoms with Gasteiger partial charge in [0.2, 0.25) is 0 Å². The first-order chi connectivity index (χ1) is 8.24. The van der Waals surface area contributed by atoms with Crippen LogP contribution in [0.15, 0.2) is 18.2 Å². The molecule has 1 aliphatic heterocycles. The van der Waals surface area contributed by atoms with Crippen molar-refractivity contribution in [3.05, 3.63) is 29.3 Å². The van der Waals surface area contributed by atoms with Gasteiger partial charge < -0.3 is 15.3 Å². The van der Waals surface area contributed by atoms with Crippen LogP contribution in [0.3, 0.4) is 0 Å². The first-order valence-electron chi connectivity index (χ1n) is 6.01. The van der Waals surface area contributed by atoms with Crippen molar-refractivity contribution in [1.29, 1.82) is 0 Å². The van der Waals surface area contributed by atoms with Crippen LogP contribution >= 0.6 is 0 Å². The molecule has 0 aromatic heterocycles. The largest absolute Gasteiger partial charge is 0.392 e. The summed E-state index contributed by atoms with van der Waals surface area (Å²) in [5.41, 5.74) is 2.47. The molecule has 4 heteroatoms. The Kier molecular flexibility index (Phi) is 3.97. The number of piperazine rings is 1. The third-order valence-corrected chi connectivity index (χ3v) is 3.18. The van der Waals surface area contributed by atoms with Crippen LogP contribution in [-0.4, -0.2) is 30.8 Å². The lowest BCUT2D eigenvalue weighted by atomic mass is 10.1. The average Bonchev–Trinajstić information content (AvgIpc) is 2.38. The monoisotopic (exact) mass is 238 g/mol. The zero-order valence-corrected chi connectivity index (χ0v) is 10.1. The van der Waals surface area contributed by atoms with Gasteiger partial charge in [-0.05, 0) is 24.6 Å². The topological polar surface area (TPSA) is 35.5 Å². The fraction of sp³-hybridized carbons (Fsp3) is 0.538. The molecular formula is C13H19FN2O. The second-order valence-electron chi connectivity index (χ2n) is 4.56. The summed E-state index contributed by atoms with van der Waals surface area (Å²) in [6, 6.07) is 5.90. The lowest BCUT2D eigenvalue weighted by Crippen LogP contribution is -2.49. The summed E-state index contributed by atoms with van der Waals surface area (Å²) in [6.45, 7) is 4.40. The maximum absolute atomic E-state index is 12.6. The van der Waals surface area contributed by atoms with E-state index in [1.807, 2.05) is 6.07 Å². The Balaban J connectivity index is 2.24. The van der Waals surface area contributed by atoms with Gasteiger partial charge in [0.15, 0.2) is 0 Å². The van der Waals surface area contributed by atoms with Crippen LogP contribution in [0.1, 0.15) is 18.1 Å². The molecule has 0 saturated carbocycles. The SMILES string of the molecule is CC1CN(c2ccc(CF)cc2CO)CCN1. The fourth-order valence-electron chi connectivity index (χ4n) is 2.31. The fourth-order valence-corrected chi connectivity index (χ4v) is 2.31. The second-order valence-corrected chi connectivity index (χ2v) is 4.56. The lowest BCUT2D eigenvalue weighted by Gasteiger charge is -2.34. The van der Waals surface area contributed by atoms with Gasteiger partial charge in [-0.1, -0.05) is 6.07 Å².